The van der Waals surface area contributed by atoms with Gasteiger partial charge in [0, 0.05) is 22.5 Å². The van der Waals surface area contributed by atoms with Crippen molar-refractivity contribution in [3.8, 4) is 0 Å². The van der Waals surface area contributed by atoms with Gasteiger partial charge in [0.05, 0.1) is 11.8 Å². The van der Waals surface area contributed by atoms with Gasteiger partial charge in [0.2, 0.25) is 17.7 Å². The summed E-state index contributed by atoms with van der Waals surface area (Å²) in [6, 6.07) is 20.8. The Morgan fingerprint density at radius 2 is 1.41 bits per heavy atom. The summed E-state index contributed by atoms with van der Waals surface area (Å²) in [5, 5.41) is 3.47. The average molecular weight is 513 g/mol. The number of benzene rings is 3. The molecule has 0 radical (unpaired) electrons. The molecule has 6 heteroatoms. The number of imide groups is 1. The van der Waals surface area contributed by atoms with Crippen LogP contribution in [-0.2, 0) is 14.4 Å². The first kappa shape index (κ1) is 23.9. The molecule has 1 aliphatic heterocycles. The minimum Gasteiger partial charge on any atom is -0.324 e. The van der Waals surface area contributed by atoms with Gasteiger partial charge in [-0.2, -0.15) is 0 Å². The Morgan fingerprint density at radius 3 is 1.86 bits per heavy atom. The smallest absolute Gasteiger partial charge is 0.247 e. The Bertz CT molecular complexity index is 1320. The van der Waals surface area contributed by atoms with Crippen molar-refractivity contribution in [3.63, 3.8) is 0 Å². The van der Waals surface area contributed by atoms with Crippen LogP contribution in [0.5, 0.6) is 0 Å². The predicted octanol–water partition coefficient (Wildman–Crippen LogP) is 6.04. The number of nitrogens with zero attached hydrogens (tertiary/aromatic N) is 1. The lowest BCUT2D eigenvalue weighted by Crippen LogP contribution is -2.48. The van der Waals surface area contributed by atoms with Gasteiger partial charge >= 0.3 is 0 Å². The van der Waals surface area contributed by atoms with Crippen molar-refractivity contribution in [2.75, 3.05) is 5.32 Å². The summed E-state index contributed by atoms with van der Waals surface area (Å²) in [5.41, 5.74) is 5.96. The Labute approximate surface area is 221 Å². The molecule has 0 unspecified atom stereocenters. The van der Waals surface area contributed by atoms with E-state index in [1.807, 2.05) is 44.2 Å². The molecule has 7 rings (SSSR count). The van der Waals surface area contributed by atoms with E-state index in [0.29, 0.717) is 17.1 Å². The van der Waals surface area contributed by atoms with Gasteiger partial charge in [-0.05, 0) is 53.3 Å². The van der Waals surface area contributed by atoms with Crippen LogP contribution < -0.4 is 5.32 Å². The molecule has 1 N–H and O–H groups in total. The van der Waals surface area contributed by atoms with E-state index in [1.54, 1.807) is 12.1 Å². The number of carbonyl (C=O) groups excluding carboxylic acids is 3. The highest BCUT2D eigenvalue weighted by Gasteiger charge is 2.62. The van der Waals surface area contributed by atoms with Crippen LogP contribution in [-0.4, -0.2) is 28.7 Å². The zero-order chi connectivity index (χ0) is 25.8. The van der Waals surface area contributed by atoms with E-state index in [-0.39, 0.29) is 29.6 Å². The summed E-state index contributed by atoms with van der Waals surface area (Å²) in [4.78, 5) is 43.2. The monoisotopic (exact) mass is 512 g/mol. The zero-order valence-corrected chi connectivity index (χ0v) is 21.7. The van der Waals surface area contributed by atoms with Crippen molar-refractivity contribution >= 4 is 35.0 Å². The van der Waals surface area contributed by atoms with Crippen molar-refractivity contribution in [2.45, 2.75) is 51.0 Å². The van der Waals surface area contributed by atoms with Crippen LogP contribution in [0, 0.1) is 18.8 Å². The first-order valence-electron chi connectivity index (χ1n) is 13.0. The molecule has 1 fully saturated rings. The fourth-order valence-electron chi connectivity index (χ4n) is 6.68. The fraction of sp³-hybridized carbons (Fsp3) is 0.323. The van der Waals surface area contributed by atoms with Gasteiger partial charge in [-0.1, -0.05) is 86.0 Å². The van der Waals surface area contributed by atoms with Gasteiger partial charge in [0.15, 0.2) is 0 Å². The van der Waals surface area contributed by atoms with Crippen LogP contribution in [0.15, 0.2) is 66.7 Å². The number of rotatable bonds is 6. The molecule has 0 spiro atoms. The molecule has 5 nitrogen and oxygen atoms in total. The summed E-state index contributed by atoms with van der Waals surface area (Å²) < 4.78 is 0. The number of amides is 3. The minimum atomic E-state index is -0.865. The second-order valence-electron chi connectivity index (χ2n) is 10.4. The molecule has 3 aliphatic carbocycles. The lowest BCUT2D eigenvalue weighted by molar-refractivity contribution is -0.147. The van der Waals surface area contributed by atoms with Gasteiger partial charge in [0.1, 0.15) is 6.04 Å². The third kappa shape index (κ3) is 3.63. The zero-order valence-electron chi connectivity index (χ0n) is 20.9. The van der Waals surface area contributed by atoms with E-state index < -0.39 is 17.9 Å². The molecule has 3 amide bonds. The normalized spacial score (nSPS) is 23.9. The summed E-state index contributed by atoms with van der Waals surface area (Å²) in [7, 11) is 0. The lowest BCUT2D eigenvalue weighted by atomic mass is 9.55. The van der Waals surface area contributed by atoms with Gasteiger partial charge in [-0.15, -0.1) is 0 Å². The van der Waals surface area contributed by atoms with E-state index in [2.05, 4.69) is 29.6 Å². The Balaban J connectivity index is 1.39. The molecule has 0 aromatic heterocycles. The molecule has 3 aromatic carbocycles. The number of carbonyl (C=O) groups is 3. The van der Waals surface area contributed by atoms with Crippen molar-refractivity contribution in [1.82, 2.24) is 4.90 Å². The van der Waals surface area contributed by atoms with Crippen LogP contribution in [0.3, 0.4) is 0 Å². The number of nitrogens with one attached hydrogen (secondary N) is 1. The maximum Gasteiger partial charge on any atom is 0.247 e. The topological polar surface area (TPSA) is 66.5 Å². The second-order valence-corrected chi connectivity index (χ2v) is 10.8. The van der Waals surface area contributed by atoms with Crippen LogP contribution in [0.25, 0.3) is 0 Å². The molecular formula is C31H29ClN2O3. The number of hydrogen-bond acceptors (Lipinski definition) is 3. The third-order valence-electron chi connectivity index (χ3n) is 8.37. The second kappa shape index (κ2) is 9.14. The molecule has 37 heavy (non-hydrogen) atoms. The van der Waals surface area contributed by atoms with E-state index in [0.717, 1.165) is 40.7 Å². The molecule has 3 aromatic rings. The SMILES string of the molecule is CCCC[C@H](C(=O)Nc1ccc(C)c(Cl)c1)N1C(=O)[C@@H]2C3c4ccccc4C(c4ccccc43)[C@H]2C1=O. The highest BCUT2D eigenvalue weighted by atomic mass is 35.5. The van der Waals surface area contributed by atoms with E-state index >= 15 is 0 Å². The van der Waals surface area contributed by atoms with Crippen LogP contribution in [0.1, 0.15) is 65.8 Å². The van der Waals surface area contributed by atoms with Crippen LogP contribution >= 0.6 is 11.6 Å². The molecule has 0 saturated carbocycles. The molecule has 1 saturated heterocycles. The number of aryl methyl sites for hydroxylation is 1. The Hall–Kier alpha value is -3.44. The van der Waals surface area contributed by atoms with Gasteiger partial charge < -0.3 is 5.32 Å². The summed E-state index contributed by atoms with van der Waals surface area (Å²) >= 11 is 6.27. The fourth-order valence-corrected chi connectivity index (χ4v) is 6.86. The highest BCUT2D eigenvalue weighted by Crippen LogP contribution is 2.61. The molecule has 2 bridgehead atoms. The first-order chi connectivity index (χ1) is 17.9. The lowest BCUT2D eigenvalue weighted by Gasteiger charge is -2.45. The maximum atomic E-state index is 14.1. The molecule has 1 heterocycles. The number of anilines is 1. The van der Waals surface area contributed by atoms with Crippen molar-refractivity contribution in [2.24, 2.45) is 11.8 Å². The predicted molar refractivity (Wildman–Crippen MR) is 144 cm³/mol. The number of hydrogen-bond donors (Lipinski definition) is 1. The van der Waals surface area contributed by atoms with Gasteiger partial charge in [-0.25, -0.2) is 0 Å². The van der Waals surface area contributed by atoms with Gasteiger partial charge in [0.25, 0.3) is 0 Å². The maximum absolute atomic E-state index is 14.1. The molecule has 4 aliphatic rings. The Morgan fingerprint density at radius 1 is 0.892 bits per heavy atom. The van der Waals surface area contributed by atoms with Gasteiger partial charge in [-0.3, -0.25) is 19.3 Å². The van der Waals surface area contributed by atoms with E-state index in [1.165, 1.54) is 4.90 Å². The Kier molecular flexibility index (Phi) is 5.91. The molecule has 3 atom stereocenters. The summed E-state index contributed by atoms with van der Waals surface area (Å²) in [6.45, 7) is 3.93. The van der Waals surface area contributed by atoms with Crippen LogP contribution in [0.4, 0.5) is 5.69 Å². The van der Waals surface area contributed by atoms with Crippen molar-refractivity contribution in [3.05, 3.63) is 99.6 Å². The standard InChI is InChI=1S/C31H29ClN2O3/c1-3-4-13-24(29(35)33-18-15-14-17(2)23(32)16-18)34-30(36)27-25-19-9-5-6-10-20(19)26(28(27)31(34)37)22-12-8-7-11-21(22)25/h5-12,14-16,24-28H,3-4,13H2,1-2H3,(H,33,35)/t24-,25?,26?,27-,28-/m1/s1. The molecule has 188 valence electrons. The van der Waals surface area contributed by atoms with Crippen molar-refractivity contribution in [1.29, 1.82) is 0 Å². The van der Waals surface area contributed by atoms with E-state index in [9.17, 15) is 14.4 Å². The number of likely N-dealkylation sites (tertiary alicyclic amines) is 1. The number of unbranched alkanes of at least 4 members (excludes halogenated alkanes) is 1. The quantitative estimate of drug-likeness (QED) is 0.409. The average Bonchev–Trinajstić information content (AvgIpc) is 3.17. The first-order valence-corrected chi connectivity index (χ1v) is 13.4. The minimum absolute atomic E-state index is 0.186. The van der Waals surface area contributed by atoms with Crippen LogP contribution in [0.2, 0.25) is 5.02 Å². The number of halogens is 1. The summed E-state index contributed by atoms with van der Waals surface area (Å²) in [6.07, 6.45) is 2.01. The van der Waals surface area contributed by atoms with E-state index in [4.69, 9.17) is 11.6 Å². The molecular weight excluding hydrogens is 484 g/mol. The van der Waals surface area contributed by atoms with Crippen molar-refractivity contribution < 1.29 is 14.4 Å². The third-order valence-corrected chi connectivity index (χ3v) is 8.77. The summed E-state index contributed by atoms with van der Waals surface area (Å²) in [5.74, 6) is -2.17. The largest absolute Gasteiger partial charge is 0.324 e. The highest BCUT2D eigenvalue weighted by molar-refractivity contribution is 6.31.